The molecule has 0 bridgehead atoms. The number of allylic oxidation sites excluding steroid dienone is 1. The highest BCUT2D eigenvalue weighted by atomic mass is 32.1. The second-order valence-corrected chi connectivity index (χ2v) is 3.19. The molecule has 0 spiro atoms. The van der Waals surface area contributed by atoms with E-state index in [1.165, 1.54) is 11.1 Å². The van der Waals surface area contributed by atoms with Crippen LogP contribution in [0.1, 0.15) is 18.9 Å². The normalized spacial score (nSPS) is 9.70. The van der Waals surface area contributed by atoms with Crippen molar-refractivity contribution in [3.05, 3.63) is 34.5 Å². The molecule has 0 fully saturated rings. The van der Waals surface area contributed by atoms with Crippen LogP contribution in [-0.4, -0.2) is 0 Å². The van der Waals surface area contributed by atoms with Gasteiger partial charge in [-0.1, -0.05) is 19.1 Å². The van der Waals surface area contributed by atoms with Gasteiger partial charge in [0.15, 0.2) is 0 Å². The lowest BCUT2D eigenvalue weighted by molar-refractivity contribution is 1.02. The van der Waals surface area contributed by atoms with Crippen LogP contribution in [0.15, 0.2) is 29.0 Å². The van der Waals surface area contributed by atoms with E-state index in [2.05, 4.69) is 30.3 Å². The van der Waals surface area contributed by atoms with Gasteiger partial charge in [-0.2, -0.15) is 11.3 Å². The van der Waals surface area contributed by atoms with Crippen LogP contribution in [-0.2, 0) is 6.42 Å². The quantitative estimate of drug-likeness (QED) is 0.583. The Kier molecular flexibility index (Phi) is 2.69. The topological polar surface area (TPSA) is 0 Å². The van der Waals surface area contributed by atoms with Crippen LogP contribution in [0.5, 0.6) is 0 Å². The van der Waals surface area contributed by atoms with E-state index in [-0.39, 0.29) is 0 Å². The van der Waals surface area contributed by atoms with Crippen molar-refractivity contribution in [2.75, 3.05) is 0 Å². The van der Waals surface area contributed by atoms with Crippen molar-refractivity contribution in [3.8, 4) is 0 Å². The molecule has 1 rings (SSSR count). The molecule has 0 saturated heterocycles. The van der Waals surface area contributed by atoms with Crippen molar-refractivity contribution in [1.82, 2.24) is 0 Å². The standard InChI is InChI=1S/C9H12S/c1-3-8(2)6-9-4-5-10-7-9/h4-5,7H,2-3,6H2,1H3. The van der Waals surface area contributed by atoms with Crippen LogP contribution in [0, 0.1) is 0 Å². The summed E-state index contributed by atoms with van der Waals surface area (Å²) in [5, 5.41) is 4.29. The molecule has 0 amide bonds. The van der Waals surface area contributed by atoms with E-state index < -0.39 is 0 Å². The van der Waals surface area contributed by atoms with Crippen molar-refractivity contribution >= 4 is 11.3 Å². The Balaban J connectivity index is 2.48. The van der Waals surface area contributed by atoms with Gasteiger partial charge in [0.25, 0.3) is 0 Å². The van der Waals surface area contributed by atoms with Crippen molar-refractivity contribution in [2.24, 2.45) is 0 Å². The fourth-order valence-corrected chi connectivity index (χ4v) is 1.48. The summed E-state index contributed by atoms with van der Waals surface area (Å²) in [6.07, 6.45) is 2.15. The van der Waals surface area contributed by atoms with E-state index in [0.29, 0.717) is 0 Å². The van der Waals surface area contributed by atoms with Crippen molar-refractivity contribution in [1.29, 1.82) is 0 Å². The third kappa shape index (κ3) is 1.99. The van der Waals surface area contributed by atoms with Crippen molar-refractivity contribution < 1.29 is 0 Å². The lowest BCUT2D eigenvalue weighted by Crippen LogP contribution is -1.83. The summed E-state index contributed by atoms with van der Waals surface area (Å²) in [5.41, 5.74) is 2.72. The van der Waals surface area contributed by atoms with E-state index in [1.54, 1.807) is 11.3 Å². The van der Waals surface area contributed by atoms with Crippen LogP contribution < -0.4 is 0 Å². The van der Waals surface area contributed by atoms with E-state index in [4.69, 9.17) is 0 Å². The van der Waals surface area contributed by atoms with Gasteiger partial charge < -0.3 is 0 Å². The maximum atomic E-state index is 3.95. The summed E-state index contributed by atoms with van der Waals surface area (Å²) in [7, 11) is 0. The molecule has 1 heteroatoms. The first-order valence-electron chi connectivity index (χ1n) is 3.50. The number of hydrogen-bond donors (Lipinski definition) is 0. The molecule has 0 aliphatic heterocycles. The lowest BCUT2D eigenvalue weighted by Gasteiger charge is -1.97. The minimum Gasteiger partial charge on any atom is -0.152 e. The van der Waals surface area contributed by atoms with Gasteiger partial charge in [-0.3, -0.25) is 0 Å². The average Bonchev–Trinajstić information content (AvgIpc) is 2.40. The van der Waals surface area contributed by atoms with Gasteiger partial charge in [-0.05, 0) is 35.2 Å². The zero-order valence-corrected chi connectivity index (χ0v) is 7.08. The van der Waals surface area contributed by atoms with Gasteiger partial charge >= 0.3 is 0 Å². The second kappa shape index (κ2) is 3.57. The SMILES string of the molecule is C=C(CC)Cc1ccsc1. The van der Waals surface area contributed by atoms with Crippen LogP contribution in [0.25, 0.3) is 0 Å². The number of thiophene rings is 1. The molecular weight excluding hydrogens is 140 g/mol. The Morgan fingerprint density at radius 3 is 3.00 bits per heavy atom. The fraction of sp³-hybridized carbons (Fsp3) is 0.333. The molecule has 0 unspecified atom stereocenters. The van der Waals surface area contributed by atoms with Gasteiger partial charge in [-0.15, -0.1) is 0 Å². The molecular formula is C9H12S. The summed E-state index contributed by atoms with van der Waals surface area (Å²) in [6.45, 7) is 6.10. The Bertz CT molecular complexity index is 197. The molecule has 1 heterocycles. The molecule has 0 atom stereocenters. The monoisotopic (exact) mass is 152 g/mol. The van der Waals surface area contributed by atoms with Gasteiger partial charge in [-0.25, -0.2) is 0 Å². The molecule has 10 heavy (non-hydrogen) atoms. The molecule has 0 radical (unpaired) electrons. The largest absolute Gasteiger partial charge is 0.152 e. The van der Waals surface area contributed by atoms with Crippen LogP contribution >= 0.6 is 11.3 Å². The highest BCUT2D eigenvalue weighted by Gasteiger charge is 1.93. The zero-order valence-electron chi connectivity index (χ0n) is 6.26. The van der Waals surface area contributed by atoms with Crippen molar-refractivity contribution in [2.45, 2.75) is 19.8 Å². The second-order valence-electron chi connectivity index (χ2n) is 2.41. The molecule has 1 aromatic rings. The molecule has 0 aliphatic rings. The summed E-state index contributed by atoms with van der Waals surface area (Å²) in [5.74, 6) is 0. The van der Waals surface area contributed by atoms with Crippen LogP contribution in [0.2, 0.25) is 0 Å². The molecule has 1 aromatic heterocycles. The van der Waals surface area contributed by atoms with Crippen LogP contribution in [0.4, 0.5) is 0 Å². The Morgan fingerprint density at radius 1 is 1.70 bits per heavy atom. The Morgan fingerprint density at radius 2 is 2.50 bits per heavy atom. The van der Waals surface area contributed by atoms with Crippen molar-refractivity contribution in [3.63, 3.8) is 0 Å². The van der Waals surface area contributed by atoms with Crippen LogP contribution in [0.3, 0.4) is 0 Å². The van der Waals surface area contributed by atoms with E-state index in [0.717, 1.165) is 12.8 Å². The molecule has 54 valence electrons. The highest BCUT2D eigenvalue weighted by Crippen LogP contribution is 2.11. The first-order valence-corrected chi connectivity index (χ1v) is 4.45. The van der Waals surface area contributed by atoms with Gasteiger partial charge in [0, 0.05) is 0 Å². The summed E-state index contributed by atoms with van der Waals surface area (Å²) in [4.78, 5) is 0. The summed E-state index contributed by atoms with van der Waals surface area (Å²) in [6, 6.07) is 2.16. The molecule has 0 aliphatic carbocycles. The smallest absolute Gasteiger partial charge is 0.00580 e. The Labute approximate surface area is 66.2 Å². The third-order valence-electron chi connectivity index (χ3n) is 1.53. The van der Waals surface area contributed by atoms with Gasteiger partial charge in [0.1, 0.15) is 0 Å². The zero-order chi connectivity index (χ0) is 7.40. The molecule has 0 N–H and O–H groups in total. The highest BCUT2D eigenvalue weighted by molar-refractivity contribution is 7.07. The minimum absolute atomic E-state index is 1.06. The molecule has 0 aromatic carbocycles. The van der Waals surface area contributed by atoms with E-state index >= 15 is 0 Å². The maximum absolute atomic E-state index is 3.95. The average molecular weight is 152 g/mol. The van der Waals surface area contributed by atoms with Gasteiger partial charge in [0.05, 0.1) is 0 Å². The summed E-state index contributed by atoms with van der Waals surface area (Å²) >= 11 is 1.75. The maximum Gasteiger partial charge on any atom is -0.00580 e. The predicted molar refractivity (Wildman–Crippen MR) is 47.5 cm³/mol. The third-order valence-corrected chi connectivity index (χ3v) is 2.27. The van der Waals surface area contributed by atoms with E-state index in [9.17, 15) is 0 Å². The predicted octanol–water partition coefficient (Wildman–Crippen LogP) is 3.26. The molecule has 0 saturated carbocycles. The van der Waals surface area contributed by atoms with E-state index in [1.807, 2.05) is 0 Å². The number of hydrogen-bond acceptors (Lipinski definition) is 1. The number of rotatable bonds is 3. The van der Waals surface area contributed by atoms with Gasteiger partial charge in [0.2, 0.25) is 0 Å². The first kappa shape index (κ1) is 7.55. The fourth-order valence-electron chi connectivity index (χ4n) is 0.807. The molecule has 0 nitrogen and oxygen atoms in total. The minimum atomic E-state index is 1.06. The first-order chi connectivity index (χ1) is 4.83. The summed E-state index contributed by atoms with van der Waals surface area (Å²) < 4.78 is 0. The Hall–Kier alpha value is -0.560. The lowest BCUT2D eigenvalue weighted by atomic mass is 10.1.